The fourth-order valence-corrected chi connectivity index (χ4v) is 3.19. The molecule has 7 heteroatoms. The highest BCUT2D eigenvalue weighted by Gasteiger charge is 2.33. The third kappa shape index (κ3) is 3.76. The third-order valence-corrected chi connectivity index (χ3v) is 4.89. The molecule has 1 aliphatic heterocycles. The van der Waals surface area contributed by atoms with Crippen molar-refractivity contribution >= 4 is 29.5 Å². The molecule has 0 unspecified atom stereocenters. The van der Waals surface area contributed by atoms with E-state index in [1.165, 1.54) is 13.3 Å². The molecule has 0 spiro atoms. The Morgan fingerprint density at radius 2 is 2.00 bits per heavy atom. The third-order valence-electron chi connectivity index (χ3n) is 4.89. The van der Waals surface area contributed by atoms with E-state index >= 15 is 0 Å². The largest absolute Gasteiger partial charge is 0.493 e. The first-order valence-corrected chi connectivity index (χ1v) is 9.54. The monoisotopic (exact) mass is 391 g/mol. The topological polar surface area (TPSA) is 80.6 Å². The van der Waals surface area contributed by atoms with Crippen LogP contribution in [0, 0.1) is 5.92 Å². The van der Waals surface area contributed by atoms with Gasteiger partial charge in [0, 0.05) is 12.1 Å². The summed E-state index contributed by atoms with van der Waals surface area (Å²) in [5.41, 5.74) is 2.65. The van der Waals surface area contributed by atoms with E-state index in [9.17, 15) is 9.59 Å². The second-order valence-electron chi connectivity index (χ2n) is 6.87. The number of para-hydroxylation sites is 1. The number of ether oxygens (including phenoxy) is 2. The Labute approximate surface area is 168 Å². The SMILES string of the molecule is CCN1C(=O)/C(=N\N=C/c2ccc(OC(=O)C3CC3)c(OC)c2)c2ccccc21. The van der Waals surface area contributed by atoms with Crippen molar-refractivity contribution in [2.75, 3.05) is 18.6 Å². The van der Waals surface area contributed by atoms with Crippen molar-refractivity contribution in [2.24, 2.45) is 16.1 Å². The van der Waals surface area contributed by atoms with Gasteiger partial charge in [0.2, 0.25) is 0 Å². The Morgan fingerprint density at radius 1 is 1.21 bits per heavy atom. The smallest absolute Gasteiger partial charge is 0.314 e. The minimum Gasteiger partial charge on any atom is -0.493 e. The first-order chi connectivity index (χ1) is 14.1. The number of amides is 1. The molecule has 0 aromatic heterocycles. The number of rotatable bonds is 6. The molecule has 1 fully saturated rings. The number of benzene rings is 2. The fraction of sp³-hybridized carbons (Fsp3) is 0.273. The predicted octanol–water partition coefficient (Wildman–Crippen LogP) is 3.20. The van der Waals surface area contributed by atoms with Gasteiger partial charge in [0.15, 0.2) is 17.2 Å². The van der Waals surface area contributed by atoms with Gasteiger partial charge in [0.25, 0.3) is 5.91 Å². The molecule has 2 aromatic rings. The van der Waals surface area contributed by atoms with E-state index in [4.69, 9.17) is 9.47 Å². The summed E-state index contributed by atoms with van der Waals surface area (Å²) in [7, 11) is 1.51. The lowest BCUT2D eigenvalue weighted by atomic mass is 10.1. The van der Waals surface area contributed by atoms with E-state index in [-0.39, 0.29) is 17.8 Å². The van der Waals surface area contributed by atoms with Gasteiger partial charge in [0.05, 0.1) is 24.9 Å². The molecule has 0 bridgehead atoms. The number of fused-ring (bicyclic) bond motifs is 1. The van der Waals surface area contributed by atoms with Crippen LogP contribution in [0.1, 0.15) is 30.9 Å². The maximum atomic E-state index is 12.6. The van der Waals surface area contributed by atoms with Crippen molar-refractivity contribution in [2.45, 2.75) is 19.8 Å². The van der Waals surface area contributed by atoms with Crippen molar-refractivity contribution in [3.8, 4) is 11.5 Å². The molecule has 0 saturated heterocycles. The van der Waals surface area contributed by atoms with Crippen molar-refractivity contribution in [1.29, 1.82) is 0 Å². The van der Waals surface area contributed by atoms with Crippen LogP contribution < -0.4 is 14.4 Å². The molecule has 7 nitrogen and oxygen atoms in total. The summed E-state index contributed by atoms with van der Waals surface area (Å²) >= 11 is 0. The molecule has 0 radical (unpaired) electrons. The molecular formula is C22H21N3O4. The lowest BCUT2D eigenvalue weighted by molar-refractivity contribution is -0.135. The van der Waals surface area contributed by atoms with Crippen LogP contribution in [0.5, 0.6) is 11.5 Å². The lowest BCUT2D eigenvalue weighted by Gasteiger charge is -2.12. The zero-order valence-electron chi connectivity index (χ0n) is 16.3. The minimum atomic E-state index is -0.227. The van der Waals surface area contributed by atoms with Crippen LogP contribution in [0.3, 0.4) is 0 Å². The lowest BCUT2D eigenvalue weighted by Crippen LogP contribution is -2.29. The summed E-state index contributed by atoms with van der Waals surface area (Å²) in [5, 5.41) is 8.26. The standard InChI is InChI=1S/C22H21N3O4/c1-3-25-17-7-5-4-6-16(17)20(21(25)26)24-23-13-14-8-11-18(19(12-14)28-2)29-22(27)15-9-10-15/h4-8,11-13,15H,3,9-10H2,1-2H3/b23-13-,24-20-. The summed E-state index contributed by atoms with van der Waals surface area (Å²) in [4.78, 5) is 26.1. The Morgan fingerprint density at radius 3 is 2.72 bits per heavy atom. The van der Waals surface area contributed by atoms with Crippen LogP contribution >= 0.6 is 0 Å². The first-order valence-electron chi connectivity index (χ1n) is 9.54. The predicted molar refractivity (Wildman–Crippen MR) is 110 cm³/mol. The molecule has 2 aliphatic rings. The molecule has 148 valence electrons. The molecule has 1 aliphatic carbocycles. The maximum absolute atomic E-state index is 12.6. The summed E-state index contributed by atoms with van der Waals surface area (Å²) < 4.78 is 10.7. The Balaban J connectivity index is 1.54. The average molecular weight is 391 g/mol. The zero-order chi connectivity index (χ0) is 20.4. The number of methoxy groups -OCH3 is 1. The molecule has 1 amide bonds. The second kappa shape index (κ2) is 7.87. The molecule has 29 heavy (non-hydrogen) atoms. The number of likely N-dealkylation sites (N-methyl/N-ethyl adjacent to an activating group) is 1. The van der Waals surface area contributed by atoms with E-state index in [1.54, 1.807) is 23.1 Å². The number of hydrogen-bond acceptors (Lipinski definition) is 6. The number of carbonyl (C=O) groups excluding carboxylic acids is 2. The van der Waals surface area contributed by atoms with Gasteiger partial charge in [-0.3, -0.25) is 9.59 Å². The van der Waals surface area contributed by atoms with Gasteiger partial charge in [-0.15, -0.1) is 5.10 Å². The van der Waals surface area contributed by atoms with Crippen molar-refractivity contribution in [3.05, 3.63) is 53.6 Å². The van der Waals surface area contributed by atoms with E-state index < -0.39 is 0 Å². The summed E-state index contributed by atoms with van der Waals surface area (Å²) in [6.45, 7) is 2.49. The number of hydrogen-bond donors (Lipinski definition) is 0. The fourth-order valence-electron chi connectivity index (χ4n) is 3.19. The highest BCUT2D eigenvalue weighted by molar-refractivity contribution is 6.54. The van der Waals surface area contributed by atoms with Crippen LogP contribution in [0.4, 0.5) is 5.69 Å². The van der Waals surface area contributed by atoms with Gasteiger partial charge in [-0.2, -0.15) is 5.10 Å². The van der Waals surface area contributed by atoms with Gasteiger partial charge >= 0.3 is 5.97 Å². The molecule has 1 heterocycles. The first kappa shape index (κ1) is 18.9. The Kier molecular flexibility index (Phi) is 5.12. The molecular weight excluding hydrogens is 370 g/mol. The Hall–Kier alpha value is -3.48. The van der Waals surface area contributed by atoms with E-state index in [1.807, 2.05) is 31.2 Å². The normalized spacial score (nSPS) is 17.1. The highest BCUT2D eigenvalue weighted by atomic mass is 16.6. The van der Waals surface area contributed by atoms with Crippen LogP contribution in [0.2, 0.25) is 0 Å². The summed E-state index contributed by atoms with van der Waals surface area (Å²) in [5.74, 6) is 0.438. The van der Waals surface area contributed by atoms with E-state index in [0.29, 0.717) is 29.3 Å². The van der Waals surface area contributed by atoms with Gasteiger partial charge in [-0.05, 0) is 49.6 Å². The highest BCUT2D eigenvalue weighted by Crippen LogP contribution is 2.34. The van der Waals surface area contributed by atoms with E-state index in [0.717, 1.165) is 24.1 Å². The molecule has 0 atom stereocenters. The van der Waals surface area contributed by atoms with Crippen molar-refractivity contribution < 1.29 is 19.1 Å². The van der Waals surface area contributed by atoms with Crippen LogP contribution in [0.15, 0.2) is 52.7 Å². The van der Waals surface area contributed by atoms with Crippen molar-refractivity contribution in [1.82, 2.24) is 0 Å². The number of nitrogens with zero attached hydrogens (tertiary/aromatic N) is 3. The molecule has 4 rings (SSSR count). The van der Waals surface area contributed by atoms with Crippen LogP contribution in [-0.2, 0) is 9.59 Å². The van der Waals surface area contributed by atoms with Crippen molar-refractivity contribution in [3.63, 3.8) is 0 Å². The van der Waals surface area contributed by atoms with Gasteiger partial charge in [-0.25, -0.2) is 0 Å². The number of carbonyl (C=O) groups is 2. The van der Waals surface area contributed by atoms with Crippen LogP contribution in [0.25, 0.3) is 0 Å². The molecule has 0 N–H and O–H groups in total. The number of anilines is 1. The Bertz CT molecular complexity index is 1020. The van der Waals surface area contributed by atoms with E-state index in [2.05, 4.69) is 10.2 Å². The average Bonchev–Trinajstić information content (AvgIpc) is 3.55. The van der Waals surface area contributed by atoms with Crippen LogP contribution in [-0.4, -0.2) is 37.5 Å². The molecule has 2 aromatic carbocycles. The summed E-state index contributed by atoms with van der Waals surface area (Å²) in [6, 6.07) is 12.7. The molecule has 1 saturated carbocycles. The van der Waals surface area contributed by atoms with Gasteiger partial charge < -0.3 is 14.4 Å². The maximum Gasteiger partial charge on any atom is 0.314 e. The zero-order valence-corrected chi connectivity index (χ0v) is 16.3. The number of esters is 1. The minimum absolute atomic E-state index is 0.00582. The summed E-state index contributed by atoms with van der Waals surface area (Å²) in [6.07, 6.45) is 3.29. The van der Waals surface area contributed by atoms with Gasteiger partial charge in [0.1, 0.15) is 0 Å². The van der Waals surface area contributed by atoms with Gasteiger partial charge in [-0.1, -0.05) is 18.2 Å². The second-order valence-corrected chi connectivity index (χ2v) is 6.87. The quantitative estimate of drug-likeness (QED) is 0.328.